The molecule has 0 spiro atoms. The number of aromatic carboxylic acids is 2. The molecular formula is C29H36BrO11P. The third-order valence-corrected chi connectivity index (χ3v) is 6.56. The van der Waals surface area contributed by atoms with E-state index in [4.69, 9.17) is 24.1 Å². The second-order valence-corrected chi connectivity index (χ2v) is 13.0. The minimum absolute atomic E-state index is 0.00131. The SMILES string of the molecule is CC(C)(Br)C(=O)Oc1ccccc1C(=O)O.CCC(C)(CC(C)(C)C(=O)Oc1ccccc1C(=O)O)C(=O)OOPC. The number of ether oxygens (including phenoxy) is 2. The summed E-state index contributed by atoms with van der Waals surface area (Å²) in [4.78, 5) is 63.4. The molecule has 0 amide bonds. The molecule has 13 heteroatoms. The molecule has 0 fully saturated rings. The smallest absolute Gasteiger partial charge is 0.348 e. The normalized spacial score (nSPS) is 12.9. The van der Waals surface area contributed by atoms with Gasteiger partial charge in [0.25, 0.3) is 0 Å². The molecule has 0 saturated heterocycles. The first-order chi connectivity index (χ1) is 19.4. The standard InChI is InChI=1S/C18H25O7P.C11H11BrO4/c1-6-18(4,16(22)24-25-26-5)11-17(2,3)15(21)23-13-10-8-7-9-12(13)14(19)20;1-11(2,12)10(15)16-8-6-4-3-5-7(8)9(13)14/h7-10,26H,6,11H2,1-5H3,(H,19,20);3-6H,1-2H3,(H,13,14). The van der Waals surface area contributed by atoms with Gasteiger partial charge in [0.05, 0.1) is 19.6 Å². The number of para-hydroxylation sites is 2. The van der Waals surface area contributed by atoms with Crippen molar-refractivity contribution < 1.29 is 53.2 Å². The summed E-state index contributed by atoms with van der Waals surface area (Å²) >= 11 is 3.14. The van der Waals surface area contributed by atoms with Crippen LogP contribution in [0.2, 0.25) is 0 Å². The molecule has 0 aliphatic heterocycles. The monoisotopic (exact) mass is 670 g/mol. The van der Waals surface area contributed by atoms with E-state index in [9.17, 15) is 29.1 Å². The predicted octanol–water partition coefficient (Wildman–Crippen LogP) is 6.28. The van der Waals surface area contributed by atoms with Crippen molar-refractivity contribution in [2.24, 2.45) is 10.8 Å². The van der Waals surface area contributed by atoms with Gasteiger partial charge in [0, 0.05) is 0 Å². The highest BCUT2D eigenvalue weighted by Gasteiger charge is 2.44. The van der Waals surface area contributed by atoms with Crippen LogP contribution in [0.1, 0.15) is 75.1 Å². The van der Waals surface area contributed by atoms with Gasteiger partial charge in [-0.15, -0.1) is 0 Å². The Kier molecular flexibility index (Phi) is 13.8. The Bertz CT molecular complexity index is 1290. The lowest BCUT2D eigenvalue weighted by atomic mass is 9.72. The fraction of sp³-hybridized carbons (Fsp3) is 0.414. The van der Waals surface area contributed by atoms with Crippen LogP contribution in [0, 0.1) is 10.8 Å². The van der Waals surface area contributed by atoms with Gasteiger partial charge in [-0.05, 0) is 78.4 Å². The van der Waals surface area contributed by atoms with Crippen LogP contribution in [-0.4, -0.2) is 51.0 Å². The largest absolute Gasteiger partial charge is 0.478 e. The zero-order chi connectivity index (χ0) is 32.3. The first-order valence-corrected chi connectivity index (χ1v) is 14.9. The Balaban J connectivity index is 0.000000470. The summed E-state index contributed by atoms with van der Waals surface area (Å²) in [6.45, 7) is 11.8. The Morgan fingerprint density at radius 2 is 1.19 bits per heavy atom. The second kappa shape index (κ2) is 15.8. The van der Waals surface area contributed by atoms with Gasteiger partial charge in [-0.3, -0.25) is 14.5 Å². The summed E-state index contributed by atoms with van der Waals surface area (Å²) in [7, 11) is 0.00131. The number of carbonyl (C=O) groups excluding carboxylic acids is 3. The summed E-state index contributed by atoms with van der Waals surface area (Å²) < 4.78 is 14.2. The average Bonchev–Trinajstić information content (AvgIpc) is 2.91. The Morgan fingerprint density at radius 1 is 0.762 bits per heavy atom. The number of hydrogen-bond donors (Lipinski definition) is 2. The summed E-state index contributed by atoms with van der Waals surface area (Å²) in [5.41, 5.74) is -2.14. The molecule has 0 aliphatic carbocycles. The first-order valence-electron chi connectivity index (χ1n) is 12.7. The number of esters is 2. The molecule has 0 aliphatic rings. The molecule has 2 N–H and O–H groups in total. The third kappa shape index (κ3) is 10.8. The van der Waals surface area contributed by atoms with Crippen LogP contribution >= 0.6 is 24.7 Å². The number of hydrogen-bond acceptors (Lipinski definition) is 9. The lowest BCUT2D eigenvalue weighted by molar-refractivity contribution is -0.221. The highest BCUT2D eigenvalue weighted by Crippen LogP contribution is 2.39. The highest BCUT2D eigenvalue weighted by atomic mass is 79.9. The molecule has 0 saturated carbocycles. The molecule has 0 heterocycles. The van der Waals surface area contributed by atoms with Crippen LogP contribution in [-0.2, 0) is 23.9 Å². The number of carboxylic acids is 2. The minimum atomic E-state index is -1.19. The molecule has 11 nitrogen and oxygen atoms in total. The van der Waals surface area contributed by atoms with Crippen molar-refractivity contribution in [3.05, 3.63) is 59.7 Å². The molecule has 2 aromatic carbocycles. The molecule has 2 rings (SSSR count). The van der Waals surface area contributed by atoms with Crippen LogP contribution in [0.5, 0.6) is 11.5 Å². The summed E-state index contributed by atoms with van der Waals surface area (Å²) in [5.74, 6) is -4.03. The lowest BCUT2D eigenvalue weighted by Crippen LogP contribution is -2.39. The van der Waals surface area contributed by atoms with Crippen molar-refractivity contribution in [2.75, 3.05) is 6.66 Å². The van der Waals surface area contributed by atoms with E-state index in [1.54, 1.807) is 65.5 Å². The second-order valence-electron chi connectivity index (χ2n) is 10.5. The number of alkyl halides is 1. The van der Waals surface area contributed by atoms with E-state index in [0.717, 1.165) is 0 Å². The van der Waals surface area contributed by atoms with Gasteiger partial charge < -0.3 is 19.7 Å². The number of rotatable bonds is 12. The highest BCUT2D eigenvalue weighted by molar-refractivity contribution is 9.10. The van der Waals surface area contributed by atoms with Gasteiger partial charge in [0.2, 0.25) is 0 Å². The minimum Gasteiger partial charge on any atom is -0.478 e. The zero-order valence-electron chi connectivity index (χ0n) is 24.5. The predicted molar refractivity (Wildman–Crippen MR) is 159 cm³/mol. The van der Waals surface area contributed by atoms with Crippen molar-refractivity contribution >= 4 is 54.6 Å². The first kappa shape index (κ1) is 36.7. The number of halogens is 1. The van der Waals surface area contributed by atoms with Crippen LogP contribution in [0.3, 0.4) is 0 Å². The van der Waals surface area contributed by atoms with E-state index < -0.39 is 45.0 Å². The summed E-state index contributed by atoms with van der Waals surface area (Å²) in [5, 5.41) is 18.1. The van der Waals surface area contributed by atoms with E-state index in [1.807, 2.05) is 6.92 Å². The molecule has 0 bridgehead atoms. The molecular weight excluding hydrogens is 635 g/mol. The third-order valence-electron chi connectivity index (χ3n) is 5.98. The van der Waals surface area contributed by atoms with Crippen LogP contribution in [0.15, 0.2) is 48.5 Å². The van der Waals surface area contributed by atoms with Gasteiger partial charge in [-0.25, -0.2) is 14.4 Å². The Hall–Kier alpha value is -3.34. The molecule has 42 heavy (non-hydrogen) atoms. The van der Waals surface area contributed by atoms with Crippen LogP contribution < -0.4 is 9.47 Å². The Labute approximate surface area is 254 Å². The van der Waals surface area contributed by atoms with Crippen LogP contribution in [0.4, 0.5) is 0 Å². The van der Waals surface area contributed by atoms with Crippen molar-refractivity contribution in [1.82, 2.24) is 0 Å². The summed E-state index contributed by atoms with van der Waals surface area (Å²) in [6, 6.07) is 11.9. The van der Waals surface area contributed by atoms with E-state index in [0.29, 0.717) is 6.42 Å². The van der Waals surface area contributed by atoms with Gasteiger partial charge in [0.1, 0.15) is 27.0 Å². The van der Waals surface area contributed by atoms with Crippen molar-refractivity contribution in [2.45, 2.75) is 58.7 Å². The van der Waals surface area contributed by atoms with Gasteiger partial charge in [0.15, 0.2) is 0 Å². The fourth-order valence-corrected chi connectivity index (χ4v) is 3.73. The zero-order valence-corrected chi connectivity index (χ0v) is 27.1. The Morgan fingerprint density at radius 3 is 1.57 bits per heavy atom. The van der Waals surface area contributed by atoms with Crippen molar-refractivity contribution in [1.29, 1.82) is 0 Å². The quantitative estimate of drug-likeness (QED) is 0.0652. The summed E-state index contributed by atoms with van der Waals surface area (Å²) in [6.07, 6.45) is 0.587. The van der Waals surface area contributed by atoms with E-state index in [2.05, 4.69) is 15.9 Å². The number of benzene rings is 2. The maximum Gasteiger partial charge on any atom is 0.348 e. The van der Waals surface area contributed by atoms with Gasteiger partial charge in [-0.2, -0.15) is 4.67 Å². The molecule has 2 atom stereocenters. The maximum absolute atomic E-state index is 12.6. The molecule has 2 unspecified atom stereocenters. The van der Waals surface area contributed by atoms with Gasteiger partial charge in [-0.1, -0.05) is 47.1 Å². The average molecular weight is 671 g/mol. The number of carbonyl (C=O) groups is 5. The molecule has 230 valence electrons. The van der Waals surface area contributed by atoms with Crippen molar-refractivity contribution in [3.8, 4) is 11.5 Å². The van der Waals surface area contributed by atoms with Gasteiger partial charge >= 0.3 is 29.8 Å². The van der Waals surface area contributed by atoms with E-state index in [-0.39, 0.29) is 37.9 Å². The van der Waals surface area contributed by atoms with Crippen molar-refractivity contribution in [3.63, 3.8) is 0 Å². The lowest BCUT2D eigenvalue weighted by Gasteiger charge is -2.32. The number of carboxylic acid groups (broad SMARTS) is 2. The van der Waals surface area contributed by atoms with Crippen LogP contribution in [0.25, 0.3) is 0 Å². The molecule has 2 aromatic rings. The topological polar surface area (TPSA) is 163 Å². The van der Waals surface area contributed by atoms with E-state index >= 15 is 0 Å². The fourth-order valence-electron chi connectivity index (χ4n) is 3.49. The van der Waals surface area contributed by atoms with E-state index in [1.165, 1.54) is 24.3 Å². The molecule has 0 radical (unpaired) electrons. The maximum atomic E-state index is 12.6. The molecule has 0 aromatic heterocycles.